The van der Waals surface area contributed by atoms with Crippen LogP contribution in [0.15, 0.2) is 0 Å². The third kappa shape index (κ3) is 2.85. The van der Waals surface area contributed by atoms with Crippen molar-refractivity contribution in [2.75, 3.05) is 13.1 Å². The lowest BCUT2D eigenvalue weighted by Gasteiger charge is -2.53. The Morgan fingerprint density at radius 1 is 1.18 bits per heavy atom. The van der Waals surface area contributed by atoms with Gasteiger partial charge in [-0.05, 0) is 51.0 Å². The van der Waals surface area contributed by atoms with Crippen molar-refractivity contribution >= 4 is 0 Å². The van der Waals surface area contributed by atoms with Crippen LogP contribution >= 0.6 is 0 Å². The molecule has 2 aliphatic rings. The van der Waals surface area contributed by atoms with Crippen LogP contribution in [0.1, 0.15) is 65.2 Å². The second-order valence-electron chi connectivity index (χ2n) is 6.60. The summed E-state index contributed by atoms with van der Waals surface area (Å²) < 4.78 is 0. The summed E-state index contributed by atoms with van der Waals surface area (Å²) in [4.78, 5) is 2.82. The fourth-order valence-corrected chi connectivity index (χ4v) is 3.61. The lowest BCUT2D eigenvalue weighted by atomic mass is 9.74. The summed E-state index contributed by atoms with van der Waals surface area (Å²) in [5.41, 5.74) is 6.49. The largest absolute Gasteiger partial charge is 0.329 e. The second kappa shape index (κ2) is 5.71. The summed E-state index contributed by atoms with van der Waals surface area (Å²) in [6.45, 7) is 6.83. The minimum atomic E-state index is 0.393. The van der Waals surface area contributed by atoms with Gasteiger partial charge in [0.15, 0.2) is 0 Å². The molecule has 0 saturated heterocycles. The molecule has 17 heavy (non-hydrogen) atoms. The van der Waals surface area contributed by atoms with E-state index in [1.165, 1.54) is 57.9 Å². The van der Waals surface area contributed by atoms with Crippen molar-refractivity contribution in [3.8, 4) is 0 Å². The summed E-state index contributed by atoms with van der Waals surface area (Å²) >= 11 is 0. The van der Waals surface area contributed by atoms with E-state index < -0.39 is 0 Å². The highest BCUT2D eigenvalue weighted by molar-refractivity contribution is 5.01. The molecule has 2 fully saturated rings. The monoisotopic (exact) mass is 238 g/mol. The smallest absolute Gasteiger partial charge is 0.0334 e. The summed E-state index contributed by atoms with van der Waals surface area (Å²) in [6.07, 6.45) is 11.1. The lowest BCUT2D eigenvalue weighted by molar-refractivity contribution is -0.0125. The predicted molar refractivity (Wildman–Crippen MR) is 74.1 cm³/mol. The Morgan fingerprint density at radius 2 is 1.82 bits per heavy atom. The standard InChI is InChI=1S/C15H30N2/c1-13(2)8-11-17(14-6-3-4-7-14)15(12-16)9-5-10-15/h13-14H,3-12,16H2,1-2H3. The molecule has 2 nitrogen and oxygen atoms in total. The van der Waals surface area contributed by atoms with Crippen LogP contribution in [0.2, 0.25) is 0 Å². The van der Waals surface area contributed by atoms with E-state index in [0.717, 1.165) is 18.5 Å². The van der Waals surface area contributed by atoms with Crippen LogP contribution in [-0.4, -0.2) is 29.6 Å². The van der Waals surface area contributed by atoms with Crippen molar-refractivity contribution in [2.24, 2.45) is 11.7 Å². The van der Waals surface area contributed by atoms with Gasteiger partial charge in [-0.15, -0.1) is 0 Å². The summed E-state index contributed by atoms with van der Waals surface area (Å²) in [7, 11) is 0. The molecule has 100 valence electrons. The molecular formula is C15H30N2. The summed E-state index contributed by atoms with van der Waals surface area (Å²) in [5, 5.41) is 0. The normalized spacial score (nSPS) is 24.5. The van der Waals surface area contributed by atoms with Crippen LogP contribution in [-0.2, 0) is 0 Å². The molecular weight excluding hydrogens is 208 g/mol. The molecule has 0 unspecified atom stereocenters. The van der Waals surface area contributed by atoms with Gasteiger partial charge in [0, 0.05) is 18.1 Å². The molecule has 2 N–H and O–H groups in total. The van der Waals surface area contributed by atoms with Gasteiger partial charge >= 0.3 is 0 Å². The number of rotatable bonds is 6. The van der Waals surface area contributed by atoms with Crippen molar-refractivity contribution in [2.45, 2.75) is 76.8 Å². The van der Waals surface area contributed by atoms with Crippen molar-refractivity contribution in [3.05, 3.63) is 0 Å². The first kappa shape index (κ1) is 13.4. The molecule has 2 saturated carbocycles. The van der Waals surface area contributed by atoms with E-state index in [9.17, 15) is 0 Å². The highest BCUT2D eigenvalue weighted by atomic mass is 15.2. The predicted octanol–water partition coefficient (Wildman–Crippen LogP) is 3.16. The molecule has 2 heteroatoms. The maximum atomic E-state index is 6.10. The van der Waals surface area contributed by atoms with E-state index in [-0.39, 0.29) is 0 Å². The number of hydrogen-bond acceptors (Lipinski definition) is 2. The number of hydrogen-bond donors (Lipinski definition) is 1. The zero-order valence-electron chi connectivity index (χ0n) is 11.8. The van der Waals surface area contributed by atoms with Crippen LogP contribution < -0.4 is 5.73 Å². The van der Waals surface area contributed by atoms with Crippen LogP contribution in [0.25, 0.3) is 0 Å². The van der Waals surface area contributed by atoms with Gasteiger partial charge in [0.1, 0.15) is 0 Å². The summed E-state index contributed by atoms with van der Waals surface area (Å²) in [5.74, 6) is 0.814. The minimum absolute atomic E-state index is 0.393. The van der Waals surface area contributed by atoms with Crippen LogP contribution in [0.4, 0.5) is 0 Å². The summed E-state index contributed by atoms with van der Waals surface area (Å²) in [6, 6.07) is 0.845. The quantitative estimate of drug-likeness (QED) is 0.770. The highest BCUT2D eigenvalue weighted by Crippen LogP contribution is 2.41. The first-order valence-corrected chi connectivity index (χ1v) is 7.65. The maximum Gasteiger partial charge on any atom is 0.0334 e. The van der Waals surface area contributed by atoms with Crippen molar-refractivity contribution in [1.82, 2.24) is 4.90 Å². The molecule has 0 aliphatic heterocycles. The van der Waals surface area contributed by atoms with Gasteiger partial charge in [0.25, 0.3) is 0 Å². The van der Waals surface area contributed by atoms with Gasteiger partial charge < -0.3 is 5.73 Å². The SMILES string of the molecule is CC(C)CCN(C1CCCC1)C1(CN)CCC1. The van der Waals surface area contributed by atoms with Gasteiger partial charge in [0.05, 0.1) is 0 Å². The molecule has 0 aromatic rings. The molecule has 2 aliphatic carbocycles. The number of nitrogens with two attached hydrogens (primary N) is 1. The Morgan fingerprint density at radius 3 is 2.24 bits per heavy atom. The van der Waals surface area contributed by atoms with Gasteiger partial charge in [-0.1, -0.05) is 26.7 Å². The fraction of sp³-hybridized carbons (Fsp3) is 1.00. The van der Waals surface area contributed by atoms with Crippen LogP contribution in [0.3, 0.4) is 0 Å². The van der Waals surface area contributed by atoms with Gasteiger partial charge in [0.2, 0.25) is 0 Å². The van der Waals surface area contributed by atoms with Crippen LogP contribution in [0.5, 0.6) is 0 Å². The van der Waals surface area contributed by atoms with Gasteiger partial charge in [-0.25, -0.2) is 0 Å². The average Bonchev–Trinajstić information content (AvgIpc) is 2.74. The molecule has 0 bridgehead atoms. The average molecular weight is 238 g/mol. The lowest BCUT2D eigenvalue weighted by Crippen LogP contribution is -2.61. The number of nitrogens with zero attached hydrogens (tertiary/aromatic N) is 1. The molecule has 0 heterocycles. The van der Waals surface area contributed by atoms with E-state index in [1.807, 2.05) is 0 Å². The molecule has 0 aromatic heterocycles. The first-order valence-electron chi connectivity index (χ1n) is 7.65. The Balaban J connectivity index is 2.00. The topological polar surface area (TPSA) is 29.3 Å². The minimum Gasteiger partial charge on any atom is -0.329 e. The van der Waals surface area contributed by atoms with E-state index in [0.29, 0.717) is 5.54 Å². The van der Waals surface area contributed by atoms with E-state index in [1.54, 1.807) is 0 Å². The third-order valence-corrected chi connectivity index (χ3v) is 4.99. The molecule has 0 spiro atoms. The Hall–Kier alpha value is -0.0800. The Kier molecular flexibility index (Phi) is 4.48. The van der Waals surface area contributed by atoms with Gasteiger partial charge in [-0.3, -0.25) is 4.90 Å². The van der Waals surface area contributed by atoms with Crippen molar-refractivity contribution in [1.29, 1.82) is 0 Å². The zero-order chi connectivity index (χ0) is 12.3. The molecule has 2 rings (SSSR count). The third-order valence-electron chi connectivity index (χ3n) is 4.99. The molecule has 0 aromatic carbocycles. The van der Waals surface area contributed by atoms with E-state index in [4.69, 9.17) is 5.73 Å². The maximum absolute atomic E-state index is 6.10. The Labute approximate surface area is 107 Å². The van der Waals surface area contributed by atoms with Gasteiger partial charge in [-0.2, -0.15) is 0 Å². The second-order valence-corrected chi connectivity index (χ2v) is 6.60. The van der Waals surface area contributed by atoms with Crippen LogP contribution in [0, 0.1) is 5.92 Å². The molecule has 0 radical (unpaired) electrons. The highest BCUT2D eigenvalue weighted by Gasteiger charge is 2.44. The molecule has 0 atom stereocenters. The van der Waals surface area contributed by atoms with Crippen molar-refractivity contribution in [3.63, 3.8) is 0 Å². The van der Waals surface area contributed by atoms with Crippen molar-refractivity contribution < 1.29 is 0 Å². The first-order chi connectivity index (χ1) is 8.18. The Bertz CT molecular complexity index is 222. The zero-order valence-corrected chi connectivity index (χ0v) is 11.8. The van der Waals surface area contributed by atoms with E-state index >= 15 is 0 Å². The fourth-order valence-electron chi connectivity index (χ4n) is 3.61. The van der Waals surface area contributed by atoms with E-state index in [2.05, 4.69) is 18.7 Å². The molecule has 0 amide bonds.